The third kappa shape index (κ3) is 11.5. The maximum absolute atomic E-state index is 14.0. The molecular formula is C52H60N10O9. The van der Waals surface area contributed by atoms with E-state index in [-0.39, 0.29) is 49.6 Å². The number of nitrogens with one attached hydrogen (secondary N) is 6. The first kappa shape index (κ1) is 48.8. The molecule has 6 N–H and O–H groups in total. The number of hydrogen-bond donors (Lipinski definition) is 6. The van der Waals surface area contributed by atoms with Gasteiger partial charge in [0.25, 0.3) is 11.8 Å². The molecule has 0 aliphatic carbocycles. The van der Waals surface area contributed by atoms with Gasteiger partial charge in [-0.05, 0) is 126 Å². The fourth-order valence-corrected chi connectivity index (χ4v) is 9.60. The average Bonchev–Trinajstić information content (AvgIpc) is 4.01. The number of H-pyrrole nitrogens is 1. The zero-order valence-corrected chi connectivity index (χ0v) is 39.9. The molecule has 0 bridgehead atoms. The van der Waals surface area contributed by atoms with Crippen molar-refractivity contribution in [3.63, 3.8) is 0 Å². The Bertz CT molecular complexity index is 2730. The van der Waals surface area contributed by atoms with Crippen molar-refractivity contribution < 1.29 is 42.9 Å². The minimum Gasteiger partial charge on any atom is -0.494 e. The van der Waals surface area contributed by atoms with Gasteiger partial charge in [-0.1, -0.05) is 12.1 Å². The summed E-state index contributed by atoms with van der Waals surface area (Å²) in [6, 6.07) is 21.5. The van der Waals surface area contributed by atoms with Crippen LogP contribution in [0.3, 0.4) is 0 Å². The molecule has 372 valence electrons. The van der Waals surface area contributed by atoms with Gasteiger partial charge in [0.1, 0.15) is 24.1 Å². The predicted molar refractivity (Wildman–Crippen MR) is 262 cm³/mol. The SMILES string of the molecule is C[C@@]1(NC(=O)c2cccc(NC3(c4nc(-c5ccncc5)n[nH]4)CCNCC3)c2)CCOc2ccc(OCCCCCOCCCOCC(=O)Nc3cccc4c3CN(C3CCC(=O)NC3=O)C4=O)cc21. The van der Waals surface area contributed by atoms with E-state index in [4.69, 9.17) is 23.9 Å². The second-order valence-corrected chi connectivity index (χ2v) is 18.5. The Hall–Kier alpha value is -7.22. The molecule has 5 aromatic rings. The minimum atomic E-state index is -0.734. The highest BCUT2D eigenvalue weighted by Crippen LogP contribution is 2.40. The predicted octanol–water partition coefficient (Wildman–Crippen LogP) is 5.36. The molecule has 19 heteroatoms. The highest BCUT2D eigenvalue weighted by atomic mass is 16.5. The van der Waals surface area contributed by atoms with E-state index in [9.17, 15) is 24.0 Å². The monoisotopic (exact) mass is 968 g/mol. The molecule has 0 saturated carbocycles. The Balaban J connectivity index is 0.677. The summed E-state index contributed by atoms with van der Waals surface area (Å²) in [6.45, 7) is 6.05. The Labute approximate surface area is 411 Å². The third-order valence-corrected chi connectivity index (χ3v) is 13.5. The molecule has 9 rings (SSSR count). The topological polar surface area (TPSA) is 240 Å². The van der Waals surface area contributed by atoms with E-state index >= 15 is 0 Å². The number of hydrogen-bond acceptors (Lipinski definition) is 14. The Morgan fingerprint density at radius 1 is 0.887 bits per heavy atom. The van der Waals surface area contributed by atoms with Crippen molar-refractivity contribution in [2.24, 2.45) is 0 Å². The summed E-state index contributed by atoms with van der Waals surface area (Å²) in [5.41, 5.74) is 3.42. The molecule has 4 aliphatic heterocycles. The molecule has 6 heterocycles. The molecule has 0 radical (unpaired) electrons. The number of fused-ring (bicyclic) bond motifs is 2. The van der Waals surface area contributed by atoms with Crippen molar-refractivity contribution in [1.29, 1.82) is 0 Å². The lowest BCUT2D eigenvalue weighted by atomic mass is 9.85. The van der Waals surface area contributed by atoms with Gasteiger partial charge in [-0.25, -0.2) is 4.98 Å². The fourth-order valence-electron chi connectivity index (χ4n) is 9.60. The lowest BCUT2D eigenvalue weighted by Crippen LogP contribution is -2.52. The molecule has 4 aliphatic rings. The van der Waals surface area contributed by atoms with Crippen molar-refractivity contribution in [3.05, 3.63) is 113 Å². The maximum atomic E-state index is 14.0. The van der Waals surface area contributed by atoms with E-state index in [1.54, 1.807) is 30.6 Å². The van der Waals surface area contributed by atoms with E-state index in [0.29, 0.717) is 85.6 Å². The van der Waals surface area contributed by atoms with Crippen LogP contribution >= 0.6 is 0 Å². The number of aromatic amines is 1. The normalized spacial score (nSPS) is 19.3. The summed E-state index contributed by atoms with van der Waals surface area (Å²) < 4.78 is 23.6. The number of carbonyl (C=O) groups is 5. The molecule has 2 atom stereocenters. The summed E-state index contributed by atoms with van der Waals surface area (Å²) in [7, 11) is 0. The van der Waals surface area contributed by atoms with Crippen LogP contribution in [0.15, 0.2) is 85.2 Å². The number of anilines is 2. The lowest BCUT2D eigenvalue weighted by Gasteiger charge is -2.38. The summed E-state index contributed by atoms with van der Waals surface area (Å²) >= 11 is 0. The van der Waals surface area contributed by atoms with Gasteiger partial charge in [0.2, 0.25) is 17.7 Å². The molecule has 5 amide bonds. The maximum Gasteiger partial charge on any atom is 0.255 e. The number of benzene rings is 3. The van der Waals surface area contributed by atoms with Gasteiger partial charge < -0.3 is 45.1 Å². The summed E-state index contributed by atoms with van der Waals surface area (Å²) in [6.07, 6.45) is 9.24. The van der Waals surface area contributed by atoms with Crippen molar-refractivity contribution in [3.8, 4) is 22.9 Å². The third-order valence-electron chi connectivity index (χ3n) is 13.5. The van der Waals surface area contributed by atoms with E-state index in [1.807, 2.05) is 61.5 Å². The zero-order chi connectivity index (χ0) is 49.2. The van der Waals surface area contributed by atoms with Gasteiger partial charge in [0, 0.05) is 90.8 Å². The van der Waals surface area contributed by atoms with Crippen molar-refractivity contribution in [2.45, 2.75) is 88.4 Å². The first-order valence-electron chi connectivity index (χ1n) is 24.4. The van der Waals surface area contributed by atoms with Crippen molar-refractivity contribution in [1.82, 2.24) is 41.0 Å². The number of pyridine rings is 1. The molecule has 0 spiro atoms. The lowest BCUT2D eigenvalue weighted by molar-refractivity contribution is -0.137. The summed E-state index contributed by atoms with van der Waals surface area (Å²) in [4.78, 5) is 74.3. The quantitative estimate of drug-likeness (QED) is 0.0401. The Morgan fingerprint density at radius 2 is 1.69 bits per heavy atom. The molecule has 1 unspecified atom stereocenters. The van der Waals surface area contributed by atoms with E-state index in [0.717, 1.165) is 67.8 Å². The number of ether oxygens (including phenoxy) is 4. The van der Waals surface area contributed by atoms with Gasteiger partial charge in [-0.3, -0.25) is 39.4 Å². The number of aromatic nitrogens is 4. The van der Waals surface area contributed by atoms with Crippen LogP contribution in [0.5, 0.6) is 11.5 Å². The first-order chi connectivity index (χ1) is 34.6. The van der Waals surface area contributed by atoms with Gasteiger partial charge in [0.05, 0.1) is 24.3 Å². The van der Waals surface area contributed by atoms with Crippen LogP contribution in [0.1, 0.15) is 102 Å². The number of amides is 5. The second-order valence-electron chi connectivity index (χ2n) is 18.5. The largest absolute Gasteiger partial charge is 0.494 e. The van der Waals surface area contributed by atoms with Gasteiger partial charge >= 0.3 is 0 Å². The Kier molecular flexibility index (Phi) is 15.3. The number of nitrogens with zero attached hydrogens (tertiary/aromatic N) is 4. The van der Waals surface area contributed by atoms with Gasteiger partial charge in [-0.15, -0.1) is 0 Å². The van der Waals surface area contributed by atoms with Crippen LogP contribution in [0.2, 0.25) is 0 Å². The van der Waals surface area contributed by atoms with Crippen LogP contribution in [-0.4, -0.2) is 113 Å². The highest BCUT2D eigenvalue weighted by molar-refractivity contribution is 6.07. The van der Waals surface area contributed by atoms with E-state index in [1.165, 1.54) is 4.90 Å². The number of rotatable bonds is 21. The van der Waals surface area contributed by atoms with Crippen LogP contribution < -0.4 is 36.1 Å². The van der Waals surface area contributed by atoms with Crippen LogP contribution in [-0.2, 0) is 41.5 Å². The van der Waals surface area contributed by atoms with E-state index < -0.39 is 23.0 Å². The molecule has 2 saturated heterocycles. The first-order valence-corrected chi connectivity index (χ1v) is 24.4. The number of imide groups is 1. The minimum absolute atomic E-state index is 0.159. The smallest absolute Gasteiger partial charge is 0.255 e. The molecule has 71 heavy (non-hydrogen) atoms. The summed E-state index contributed by atoms with van der Waals surface area (Å²) in [5, 5.41) is 23.4. The standard InChI is InChI=1S/C52H60N10O9/c1-51(59-47(65)35-8-5-9-36(30-35)58-52(18-23-54-24-19-52)50-57-46(60-61-50)34-16-21-53-22-17-34)20-29-71-43-14-12-37(31-40(43)51)70-28-4-2-3-25-68-26-7-27-69-33-45(64)55-41-11-6-10-38-39(41)32-62(49(38)67)42-13-15-44(63)56-48(42)66/h5-6,8-12,14,16-17,21-22,30-31,42,54,58H,2-4,7,13,15,18-20,23-29,32-33H2,1H3,(H,55,64)(H,59,65)(H,56,63,66)(H,57,60,61)/t42?,51-/m1/s1. The van der Waals surface area contributed by atoms with E-state index in [2.05, 4.69) is 41.8 Å². The number of piperidine rings is 2. The zero-order valence-electron chi connectivity index (χ0n) is 39.9. The van der Waals surface area contributed by atoms with Crippen molar-refractivity contribution in [2.75, 3.05) is 63.4 Å². The molecule has 19 nitrogen and oxygen atoms in total. The number of carbonyl (C=O) groups excluding carboxylic acids is 5. The number of unbranched alkanes of at least 4 members (excludes halogenated alkanes) is 2. The van der Waals surface area contributed by atoms with Crippen molar-refractivity contribution >= 4 is 40.9 Å². The van der Waals surface area contributed by atoms with Crippen LogP contribution in [0.25, 0.3) is 11.4 Å². The molecule has 2 fully saturated rings. The molecule has 3 aromatic carbocycles. The highest BCUT2D eigenvalue weighted by Gasteiger charge is 2.41. The molecular weight excluding hydrogens is 909 g/mol. The fraction of sp³-hybridized carbons (Fsp3) is 0.423. The Morgan fingerprint density at radius 3 is 2.54 bits per heavy atom. The molecule has 2 aromatic heterocycles. The van der Waals surface area contributed by atoms with Gasteiger partial charge in [0.15, 0.2) is 11.6 Å². The van der Waals surface area contributed by atoms with Gasteiger partial charge in [-0.2, -0.15) is 5.10 Å². The van der Waals surface area contributed by atoms with Crippen LogP contribution in [0.4, 0.5) is 11.4 Å². The second kappa shape index (κ2) is 22.2. The van der Waals surface area contributed by atoms with Crippen LogP contribution in [0, 0.1) is 0 Å². The summed E-state index contributed by atoms with van der Waals surface area (Å²) in [5.74, 6) is 1.09. The average molecular weight is 969 g/mol.